The van der Waals surface area contributed by atoms with Gasteiger partial charge in [-0.2, -0.15) is 0 Å². The molecule has 1 aromatic carbocycles. The molecule has 3 heterocycles. The Hall–Kier alpha value is -2.37. The molecule has 1 aromatic heterocycles. The van der Waals surface area contributed by atoms with Crippen molar-refractivity contribution in [1.29, 1.82) is 0 Å². The summed E-state index contributed by atoms with van der Waals surface area (Å²) in [6.07, 6.45) is 1.22. The van der Waals surface area contributed by atoms with Gasteiger partial charge in [0.2, 0.25) is 10.0 Å². The van der Waals surface area contributed by atoms with Crippen LogP contribution < -0.4 is 20.3 Å². The Labute approximate surface area is 219 Å². The van der Waals surface area contributed by atoms with Crippen LogP contribution in [0.15, 0.2) is 21.4 Å². The van der Waals surface area contributed by atoms with Crippen LogP contribution in [-0.4, -0.2) is 48.2 Å². The number of pyridine rings is 1. The topological polar surface area (TPSA) is 118 Å². The van der Waals surface area contributed by atoms with Gasteiger partial charge in [-0.25, -0.2) is 12.7 Å². The number of hydrogen-bond acceptors (Lipinski definition) is 6. The van der Waals surface area contributed by atoms with Gasteiger partial charge in [0.1, 0.15) is 0 Å². The number of aryl methyl sites for hydroxylation is 2. The molecule has 2 N–H and O–H groups in total. The fourth-order valence-electron chi connectivity index (χ4n) is 4.95. The van der Waals surface area contributed by atoms with Crippen molar-refractivity contribution in [3.63, 3.8) is 0 Å². The number of aromatic amines is 1. The minimum atomic E-state index is -3.23. The van der Waals surface area contributed by atoms with E-state index in [1.165, 1.54) is 4.31 Å². The first-order valence-electron chi connectivity index (χ1n) is 12.0. The smallest absolute Gasteiger partial charge is 0.253 e. The van der Waals surface area contributed by atoms with Crippen LogP contribution in [0, 0.1) is 26.7 Å². The number of nitrogens with one attached hydrogen (secondary N) is 2. The number of ether oxygens (including phenoxy) is 2. The molecule has 0 aliphatic carbocycles. The summed E-state index contributed by atoms with van der Waals surface area (Å²) in [6, 6.07) is 3.57. The fourth-order valence-corrected chi connectivity index (χ4v) is 6.58. The van der Waals surface area contributed by atoms with Crippen LogP contribution >= 0.6 is 15.9 Å². The summed E-state index contributed by atoms with van der Waals surface area (Å²) < 4.78 is 39.2. The third-order valence-corrected chi connectivity index (χ3v) is 9.64. The summed E-state index contributed by atoms with van der Waals surface area (Å²) >= 11 is 3.52. The second-order valence-electron chi connectivity index (χ2n) is 9.61. The van der Waals surface area contributed by atoms with E-state index in [0.29, 0.717) is 58.6 Å². The van der Waals surface area contributed by atoms with E-state index in [1.54, 1.807) is 19.9 Å². The van der Waals surface area contributed by atoms with E-state index in [-0.39, 0.29) is 29.7 Å². The quantitative estimate of drug-likeness (QED) is 0.538. The maximum absolute atomic E-state index is 13.1. The molecule has 196 valence electrons. The number of H-pyrrole nitrogens is 1. The molecule has 1 saturated heterocycles. The van der Waals surface area contributed by atoms with Crippen LogP contribution in [0.4, 0.5) is 0 Å². The first kappa shape index (κ1) is 26.7. The zero-order chi connectivity index (χ0) is 26.4. The molecule has 0 spiro atoms. The van der Waals surface area contributed by atoms with Crippen LogP contribution in [0.3, 0.4) is 0 Å². The summed E-state index contributed by atoms with van der Waals surface area (Å²) in [4.78, 5) is 28.2. The van der Waals surface area contributed by atoms with E-state index in [0.717, 1.165) is 11.3 Å². The van der Waals surface area contributed by atoms with E-state index in [9.17, 15) is 18.0 Å². The first-order chi connectivity index (χ1) is 16.9. The first-order valence-corrected chi connectivity index (χ1v) is 14.4. The van der Waals surface area contributed by atoms with Gasteiger partial charge in [-0.1, -0.05) is 0 Å². The monoisotopic (exact) mass is 581 g/mol. The van der Waals surface area contributed by atoms with Gasteiger partial charge in [-0.15, -0.1) is 0 Å². The Balaban J connectivity index is 1.51. The van der Waals surface area contributed by atoms with Gasteiger partial charge < -0.3 is 19.8 Å². The molecule has 11 heteroatoms. The Morgan fingerprint density at radius 3 is 2.44 bits per heavy atom. The number of amides is 1. The number of nitrogens with zero attached hydrogens (tertiary/aromatic N) is 1. The molecule has 0 bridgehead atoms. The summed E-state index contributed by atoms with van der Waals surface area (Å²) in [6.45, 7) is 9.91. The predicted octanol–water partition coefficient (Wildman–Crippen LogP) is 3.54. The second-order valence-corrected chi connectivity index (χ2v) is 12.7. The number of hydrogen-bond donors (Lipinski definition) is 2. The lowest BCUT2D eigenvalue weighted by atomic mass is 9.90. The molecule has 1 amide bonds. The van der Waals surface area contributed by atoms with E-state index < -0.39 is 15.8 Å². The molecule has 2 aliphatic rings. The largest absolute Gasteiger partial charge is 0.448 e. The maximum atomic E-state index is 13.1. The Morgan fingerprint density at radius 1 is 1.19 bits per heavy atom. The molecular formula is C25H32BrN3O6S. The zero-order valence-electron chi connectivity index (χ0n) is 21.2. The molecule has 2 aliphatic heterocycles. The van der Waals surface area contributed by atoms with E-state index in [4.69, 9.17) is 9.47 Å². The molecule has 4 rings (SSSR count). The standard InChI is InChI=1S/C25H32BrN3O6S/c1-6-36(32,33)29-9-7-17(8-10-29)25(5)34-21-16(4)18(12-20(26)22(21)35-25)23(30)27-13-19-14(2)11-15(3)28-24(19)31/h11-12,17H,6-10,13H2,1-5H3,(H,27,30)(H,28,31)/t25-/m1/s1. The van der Waals surface area contributed by atoms with Crippen molar-refractivity contribution in [2.75, 3.05) is 18.8 Å². The van der Waals surface area contributed by atoms with Crippen LogP contribution in [0.5, 0.6) is 11.5 Å². The van der Waals surface area contributed by atoms with Crippen molar-refractivity contribution in [3.8, 4) is 11.5 Å². The lowest BCUT2D eigenvalue weighted by Gasteiger charge is -2.38. The lowest BCUT2D eigenvalue weighted by Crippen LogP contribution is -2.49. The van der Waals surface area contributed by atoms with Crippen molar-refractivity contribution in [3.05, 3.63) is 54.9 Å². The van der Waals surface area contributed by atoms with Crippen molar-refractivity contribution in [2.24, 2.45) is 5.92 Å². The van der Waals surface area contributed by atoms with Crippen molar-refractivity contribution in [2.45, 2.75) is 59.8 Å². The fraction of sp³-hybridized carbons (Fsp3) is 0.520. The van der Waals surface area contributed by atoms with Gasteiger partial charge in [0, 0.05) is 54.9 Å². The Morgan fingerprint density at radius 2 is 1.83 bits per heavy atom. The minimum absolute atomic E-state index is 0.0204. The van der Waals surface area contributed by atoms with Crippen molar-refractivity contribution >= 4 is 31.9 Å². The van der Waals surface area contributed by atoms with Crippen LogP contribution in [-0.2, 0) is 16.6 Å². The highest BCUT2D eigenvalue weighted by Crippen LogP contribution is 2.51. The average Bonchev–Trinajstić information content (AvgIpc) is 3.20. The maximum Gasteiger partial charge on any atom is 0.253 e. The molecule has 1 atom stereocenters. The molecule has 36 heavy (non-hydrogen) atoms. The zero-order valence-corrected chi connectivity index (χ0v) is 23.6. The average molecular weight is 583 g/mol. The van der Waals surface area contributed by atoms with Gasteiger partial charge in [0.05, 0.1) is 10.2 Å². The number of aromatic nitrogens is 1. The SMILES string of the molecule is CCS(=O)(=O)N1CCC([C@@]2(C)Oc3c(Br)cc(C(=O)NCc4c(C)cc(C)[nH]c4=O)c(C)c3O2)CC1. The summed E-state index contributed by atoms with van der Waals surface area (Å²) in [5, 5.41) is 2.85. The number of carbonyl (C=O) groups is 1. The highest BCUT2D eigenvalue weighted by molar-refractivity contribution is 9.10. The molecule has 0 radical (unpaired) electrons. The van der Waals surface area contributed by atoms with Gasteiger partial charge >= 0.3 is 0 Å². The van der Waals surface area contributed by atoms with Crippen LogP contribution in [0.2, 0.25) is 0 Å². The van der Waals surface area contributed by atoms with Gasteiger partial charge in [-0.05, 0) is 74.2 Å². The van der Waals surface area contributed by atoms with Gasteiger partial charge in [-0.3, -0.25) is 9.59 Å². The summed E-state index contributed by atoms with van der Waals surface area (Å²) in [5.41, 5.74) is 2.92. The number of piperidine rings is 1. The van der Waals surface area contributed by atoms with E-state index >= 15 is 0 Å². The lowest BCUT2D eigenvalue weighted by molar-refractivity contribution is -0.121. The normalized spacial score (nSPS) is 20.5. The number of fused-ring (bicyclic) bond motifs is 1. The van der Waals surface area contributed by atoms with Crippen molar-refractivity contribution < 1.29 is 22.7 Å². The van der Waals surface area contributed by atoms with Gasteiger partial charge in [0.15, 0.2) is 11.5 Å². The van der Waals surface area contributed by atoms with Gasteiger partial charge in [0.25, 0.3) is 17.3 Å². The minimum Gasteiger partial charge on any atom is -0.448 e. The third-order valence-electron chi connectivity index (χ3n) is 7.17. The molecule has 0 saturated carbocycles. The molecule has 1 fully saturated rings. The van der Waals surface area contributed by atoms with Crippen LogP contribution in [0.1, 0.15) is 59.4 Å². The number of benzene rings is 1. The molecule has 9 nitrogen and oxygen atoms in total. The Kier molecular flexibility index (Phi) is 7.29. The van der Waals surface area contributed by atoms with Crippen LogP contribution in [0.25, 0.3) is 0 Å². The Bertz CT molecular complexity index is 1360. The molecule has 0 unspecified atom stereocenters. The summed E-state index contributed by atoms with van der Waals surface area (Å²) in [5.74, 6) is -0.217. The molecular weight excluding hydrogens is 550 g/mol. The third kappa shape index (κ3) is 4.92. The number of halogens is 1. The number of rotatable bonds is 6. The van der Waals surface area contributed by atoms with E-state index in [1.807, 2.05) is 26.8 Å². The van der Waals surface area contributed by atoms with E-state index in [2.05, 4.69) is 26.2 Å². The predicted molar refractivity (Wildman–Crippen MR) is 140 cm³/mol. The summed E-state index contributed by atoms with van der Waals surface area (Å²) in [7, 11) is -3.23. The highest BCUT2D eigenvalue weighted by atomic mass is 79.9. The highest BCUT2D eigenvalue weighted by Gasteiger charge is 2.48. The van der Waals surface area contributed by atoms with Crippen molar-refractivity contribution in [1.82, 2.24) is 14.6 Å². The number of carbonyl (C=O) groups excluding carboxylic acids is 1. The number of sulfonamides is 1. The second kappa shape index (κ2) is 9.83. The molecule has 2 aromatic rings.